The molecule has 1 aliphatic heterocycles. The fraction of sp³-hybridized carbons (Fsp3) is 0.333. The summed E-state index contributed by atoms with van der Waals surface area (Å²) in [6, 6.07) is 7.61. The first kappa shape index (κ1) is 14.9. The quantitative estimate of drug-likeness (QED) is 0.831. The summed E-state index contributed by atoms with van der Waals surface area (Å²) < 4.78 is 0. The number of benzene rings is 1. The normalized spacial score (nSPS) is 15.2. The number of amides is 1. The van der Waals surface area contributed by atoms with Gasteiger partial charge in [-0.2, -0.15) is 11.8 Å². The van der Waals surface area contributed by atoms with E-state index < -0.39 is 0 Å². The lowest BCUT2D eigenvalue weighted by atomic mass is 10.2. The zero-order valence-corrected chi connectivity index (χ0v) is 14.0. The Hall–Kier alpha value is -1.04. The van der Waals surface area contributed by atoms with Crippen LogP contribution in [0.5, 0.6) is 0 Å². The number of nitrogens with zero attached hydrogens (tertiary/aromatic N) is 2. The van der Waals surface area contributed by atoms with Crippen molar-refractivity contribution in [2.45, 2.75) is 6.92 Å². The summed E-state index contributed by atoms with van der Waals surface area (Å²) in [5.74, 6) is 2.06. The molecule has 1 amide bonds. The summed E-state index contributed by atoms with van der Waals surface area (Å²) in [6.45, 7) is 3.56. The number of aromatic nitrogens is 1. The lowest BCUT2D eigenvalue weighted by molar-refractivity contribution is 0.0766. The Kier molecular flexibility index (Phi) is 4.52. The molecule has 0 unspecified atom stereocenters. The molecule has 1 fully saturated rings. The maximum Gasteiger partial charge on any atom is 0.273 e. The lowest BCUT2D eigenvalue weighted by Crippen LogP contribution is -2.38. The first-order valence-corrected chi connectivity index (χ1v) is 9.11. The number of thiazole rings is 1. The van der Waals surface area contributed by atoms with E-state index in [4.69, 9.17) is 11.6 Å². The molecular weight excluding hydrogens is 324 g/mol. The summed E-state index contributed by atoms with van der Waals surface area (Å²) in [4.78, 5) is 20.0. The molecule has 0 spiro atoms. The molecule has 1 aromatic heterocycles. The van der Waals surface area contributed by atoms with Crippen molar-refractivity contribution in [2.24, 2.45) is 0 Å². The van der Waals surface area contributed by atoms with Gasteiger partial charge in [-0.1, -0.05) is 29.8 Å². The smallest absolute Gasteiger partial charge is 0.273 e. The topological polar surface area (TPSA) is 33.2 Å². The second-order valence-electron chi connectivity index (χ2n) is 4.81. The van der Waals surface area contributed by atoms with Crippen LogP contribution in [0.25, 0.3) is 10.6 Å². The van der Waals surface area contributed by atoms with Crippen LogP contribution in [-0.4, -0.2) is 40.4 Å². The van der Waals surface area contributed by atoms with Gasteiger partial charge in [0.25, 0.3) is 5.91 Å². The van der Waals surface area contributed by atoms with Gasteiger partial charge in [-0.3, -0.25) is 4.79 Å². The van der Waals surface area contributed by atoms with E-state index >= 15 is 0 Å². The molecule has 0 saturated carbocycles. The minimum Gasteiger partial charge on any atom is -0.336 e. The van der Waals surface area contributed by atoms with E-state index in [2.05, 4.69) is 4.98 Å². The van der Waals surface area contributed by atoms with Crippen molar-refractivity contribution in [3.8, 4) is 10.6 Å². The SMILES string of the molecule is Cc1sc(-c2ccccc2Cl)nc1C(=O)N1CCSCC1. The van der Waals surface area contributed by atoms with Crippen LogP contribution in [0.1, 0.15) is 15.4 Å². The molecular formula is C15H15ClN2OS2. The number of aryl methyl sites for hydroxylation is 1. The number of hydrogen-bond acceptors (Lipinski definition) is 4. The van der Waals surface area contributed by atoms with Crippen LogP contribution in [0.4, 0.5) is 0 Å². The maximum absolute atomic E-state index is 12.6. The van der Waals surface area contributed by atoms with Crippen molar-refractivity contribution in [3.05, 3.63) is 39.9 Å². The molecule has 3 rings (SSSR count). The summed E-state index contributed by atoms with van der Waals surface area (Å²) in [5, 5.41) is 1.48. The van der Waals surface area contributed by atoms with E-state index in [0.29, 0.717) is 10.7 Å². The summed E-state index contributed by atoms with van der Waals surface area (Å²) >= 11 is 9.63. The Morgan fingerprint density at radius 3 is 2.71 bits per heavy atom. The van der Waals surface area contributed by atoms with Gasteiger partial charge in [-0.15, -0.1) is 11.3 Å². The van der Waals surface area contributed by atoms with Gasteiger partial charge < -0.3 is 4.90 Å². The molecule has 21 heavy (non-hydrogen) atoms. The van der Waals surface area contributed by atoms with Gasteiger partial charge >= 0.3 is 0 Å². The van der Waals surface area contributed by atoms with E-state index in [0.717, 1.165) is 40.0 Å². The summed E-state index contributed by atoms with van der Waals surface area (Å²) in [6.07, 6.45) is 0. The van der Waals surface area contributed by atoms with Gasteiger partial charge in [0, 0.05) is 35.0 Å². The van der Waals surface area contributed by atoms with Gasteiger partial charge in [0.2, 0.25) is 0 Å². The molecule has 2 aromatic rings. The highest BCUT2D eigenvalue weighted by Gasteiger charge is 2.23. The van der Waals surface area contributed by atoms with Crippen LogP contribution in [-0.2, 0) is 0 Å². The molecule has 1 aromatic carbocycles. The van der Waals surface area contributed by atoms with Gasteiger partial charge in [0.05, 0.1) is 5.02 Å². The van der Waals surface area contributed by atoms with Crippen molar-refractivity contribution >= 4 is 40.6 Å². The molecule has 6 heteroatoms. The zero-order valence-electron chi connectivity index (χ0n) is 11.6. The monoisotopic (exact) mass is 338 g/mol. The Balaban J connectivity index is 1.91. The van der Waals surface area contributed by atoms with E-state index in [1.54, 1.807) is 0 Å². The average molecular weight is 339 g/mol. The second-order valence-corrected chi connectivity index (χ2v) is 7.64. The minimum absolute atomic E-state index is 0.0438. The van der Waals surface area contributed by atoms with E-state index in [9.17, 15) is 4.79 Å². The molecule has 1 aliphatic rings. The standard InChI is InChI=1S/C15H15ClN2OS2/c1-10-13(15(19)18-6-8-20-9-7-18)17-14(21-10)11-4-2-3-5-12(11)16/h2-5H,6-9H2,1H3. The van der Waals surface area contributed by atoms with E-state index in [1.807, 2.05) is 47.9 Å². The first-order valence-electron chi connectivity index (χ1n) is 6.76. The molecule has 0 atom stereocenters. The Bertz CT molecular complexity index is 665. The van der Waals surface area contributed by atoms with Crippen LogP contribution >= 0.6 is 34.7 Å². The first-order chi connectivity index (χ1) is 10.2. The molecule has 2 heterocycles. The minimum atomic E-state index is 0.0438. The van der Waals surface area contributed by atoms with Crippen LogP contribution in [0.15, 0.2) is 24.3 Å². The van der Waals surface area contributed by atoms with Crippen molar-refractivity contribution in [3.63, 3.8) is 0 Å². The van der Waals surface area contributed by atoms with E-state index in [-0.39, 0.29) is 5.91 Å². The van der Waals surface area contributed by atoms with Crippen LogP contribution in [0, 0.1) is 6.92 Å². The van der Waals surface area contributed by atoms with Crippen molar-refractivity contribution < 1.29 is 4.79 Å². The highest BCUT2D eigenvalue weighted by Crippen LogP contribution is 2.33. The third kappa shape index (κ3) is 3.10. The van der Waals surface area contributed by atoms with Crippen LogP contribution < -0.4 is 0 Å². The number of carbonyl (C=O) groups excluding carboxylic acids is 1. The predicted octanol–water partition coefficient (Wildman–Crippen LogP) is 3.96. The third-order valence-corrected chi connectivity index (χ3v) is 5.68. The predicted molar refractivity (Wildman–Crippen MR) is 90.5 cm³/mol. The zero-order chi connectivity index (χ0) is 14.8. The highest BCUT2D eigenvalue weighted by molar-refractivity contribution is 7.99. The summed E-state index contributed by atoms with van der Waals surface area (Å²) in [7, 11) is 0. The van der Waals surface area contributed by atoms with Crippen LogP contribution in [0.3, 0.4) is 0 Å². The fourth-order valence-electron chi connectivity index (χ4n) is 2.26. The van der Waals surface area contributed by atoms with Gasteiger partial charge in [0.15, 0.2) is 0 Å². The number of rotatable bonds is 2. The Morgan fingerprint density at radius 1 is 1.29 bits per heavy atom. The van der Waals surface area contributed by atoms with E-state index in [1.165, 1.54) is 11.3 Å². The molecule has 110 valence electrons. The average Bonchev–Trinajstić information content (AvgIpc) is 2.89. The summed E-state index contributed by atoms with van der Waals surface area (Å²) in [5.41, 5.74) is 1.46. The van der Waals surface area contributed by atoms with Crippen molar-refractivity contribution in [1.29, 1.82) is 0 Å². The van der Waals surface area contributed by atoms with Gasteiger partial charge in [-0.05, 0) is 13.0 Å². The Labute approximate surface area is 137 Å². The van der Waals surface area contributed by atoms with Crippen molar-refractivity contribution in [1.82, 2.24) is 9.88 Å². The molecule has 1 saturated heterocycles. The van der Waals surface area contributed by atoms with Gasteiger partial charge in [-0.25, -0.2) is 4.98 Å². The number of thioether (sulfide) groups is 1. The third-order valence-electron chi connectivity index (χ3n) is 3.40. The molecule has 3 nitrogen and oxygen atoms in total. The molecule has 0 aliphatic carbocycles. The highest BCUT2D eigenvalue weighted by atomic mass is 35.5. The largest absolute Gasteiger partial charge is 0.336 e. The molecule has 0 bridgehead atoms. The number of hydrogen-bond donors (Lipinski definition) is 0. The maximum atomic E-state index is 12.6. The van der Waals surface area contributed by atoms with Gasteiger partial charge in [0.1, 0.15) is 10.7 Å². The lowest BCUT2D eigenvalue weighted by Gasteiger charge is -2.25. The fourth-order valence-corrected chi connectivity index (χ4v) is 4.39. The second kappa shape index (κ2) is 6.38. The number of carbonyl (C=O) groups is 1. The van der Waals surface area contributed by atoms with Crippen LogP contribution in [0.2, 0.25) is 5.02 Å². The molecule has 0 radical (unpaired) electrons. The number of halogens is 1. The molecule has 0 N–H and O–H groups in total. The van der Waals surface area contributed by atoms with Crippen molar-refractivity contribution in [2.75, 3.05) is 24.6 Å². The Morgan fingerprint density at radius 2 is 2.00 bits per heavy atom.